The van der Waals surface area contributed by atoms with E-state index in [0.29, 0.717) is 12.5 Å². The highest BCUT2D eigenvalue weighted by molar-refractivity contribution is 6.04. The molecule has 0 bridgehead atoms. The van der Waals surface area contributed by atoms with Crippen LogP contribution in [0, 0.1) is 5.92 Å². The fourth-order valence-electron chi connectivity index (χ4n) is 4.14. The highest BCUT2D eigenvalue weighted by Gasteiger charge is 2.40. The number of carbonyl (C=O) groups excluding carboxylic acids is 2. The average Bonchev–Trinajstić information content (AvgIpc) is 3.26. The van der Waals surface area contributed by atoms with Crippen molar-refractivity contribution >= 4 is 11.8 Å². The molecule has 2 unspecified atom stereocenters. The van der Waals surface area contributed by atoms with Gasteiger partial charge in [0.15, 0.2) is 0 Å². The molecular formula is C23H39N3O2. The first-order valence-electron chi connectivity index (χ1n) is 11.5. The molecule has 1 aliphatic rings. The molecule has 0 aromatic carbocycles. The fraction of sp³-hybridized carbons (Fsp3) is 0.783. The number of unbranched alkanes of at least 4 members (excludes halogenated alkanes) is 6. The molecule has 0 aliphatic carbocycles. The standard InChI is InChI=1S/C23H39N3O2/c1-4-7-9-10-11-12-14-21-24-15-16-25(21)20-17-22(27)26(23(20)28)18-19(6-3)13-8-5-2/h15-16,19-20H,4-14,17-18H2,1-3H3. The van der Waals surface area contributed by atoms with Crippen LogP contribution in [0.5, 0.6) is 0 Å². The summed E-state index contributed by atoms with van der Waals surface area (Å²) in [6.07, 6.45) is 16.6. The predicted molar refractivity (Wildman–Crippen MR) is 113 cm³/mol. The second-order valence-electron chi connectivity index (χ2n) is 8.25. The molecule has 1 saturated heterocycles. The second-order valence-corrected chi connectivity index (χ2v) is 8.25. The first-order chi connectivity index (χ1) is 13.6. The molecule has 5 heteroatoms. The Morgan fingerprint density at radius 2 is 1.75 bits per heavy atom. The van der Waals surface area contributed by atoms with E-state index in [2.05, 4.69) is 25.8 Å². The zero-order valence-corrected chi connectivity index (χ0v) is 18.2. The summed E-state index contributed by atoms with van der Waals surface area (Å²) >= 11 is 0. The molecule has 2 rings (SSSR count). The summed E-state index contributed by atoms with van der Waals surface area (Å²) in [5, 5.41) is 0. The number of hydrogen-bond donors (Lipinski definition) is 0. The van der Waals surface area contributed by atoms with Gasteiger partial charge in [-0.25, -0.2) is 4.98 Å². The average molecular weight is 390 g/mol. The molecule has 1 fully saturated rings. The van der Waals surface area contributed by atoms with Crippen molar-refractivity contribution in [2.24, 2.45) is 5.92 Å². The van der Waals surface area contributed by atoms with Crippen molar-refractivity contribution in [3.05, 3.63) is 18.2 Å². The largest absolute Gasteiger partial charge is 0.322 e. The number of aryl methyl sites for hydroxylation is 1. The van der Waals surface area contributed by atoms with Gasteiger partial charge in [0, 0.05) is 25.4 Å². The molecule has 1 aliphatic heterocycles. The van der Waals surface area contributed by atoms with Gasteiger partial charge in [0.25, 0.3) is 5.91 Å². The number of imidazole rings is 1. The summed E-state index contributed by atoms with van der Waals surface area (Å²) in [6.45, 7) is 7.13. The zero-order chi connectivity index (χ0) is 20.4. The van der Waals surface area contributed by atoms with E-state index in [1.807, 2.05) is 10.8 Å². The van der Waals surface area contributed by atoms with E-state index in [1.165, 1.54) is 37.0 Å². The Morgan fingerprint density at radius 1 is 1.04 bits per heavy atom. The van der Waals surface area contributed by atoms with Gasteiger partial charge in [-0.2, -0.15) is 0 Å². The number of amides is 2. The van der Waals surface area contributed by atoms with Crippen molar-refractivity contribution in [2.75, 3.05) is 6.54 Å². The van der Waals surface area contributed by atoms with Crippen molar-refractivity contribution in [1.82, 2.24) is 14.5 Å². The number of rotatable bonds is 14. The zero-order valence-electron chi connectivity index (χ0n) is 18.2. The number of likely N-dealkylation sites (tertiary alicyclic amines) is 1. The van der Waals surface area contributed by atoms with Gasteiger partial charge in [-0.1, -0.05) is 72.1 Å². The lowest BCUT2D eigenvalue weighted by atomic mass is 9.99. The van der Waals surface area contributed by atoms with Crippen LogP contribution in [-0.4, -0.2) is 32.8 Å². The highest BCUT2D eigenvalue weighted by Crippen LogP contribution is 2.28. The molecule has 5 nitrogen and oxygen atoms in total. The van der Waals surface area contributed by atoms with Crippen LogP contribution >= 0.6 is 0 Å². The van der Waals surface area contributed by atoms with Gasteiger partial charge in [0.2, 0.25) is 5.91 Å². The Hall–Kier alpha value is -1.65. The monoisotopic (exact) mass is 389 g/mol. The second kappa shape index (κ2) is 12.0. The summed E-state index contributed by atoms with van der Waals surface area (Å²) in [7, 11) is 0. The molecule has 0 saturated carbocycles. The highest BCUT2D eigenvalue weighted by atomic mass is 16.2. The maximum atomic E-state index is 13.0. The molecule has 2 amide bonds. The van der Waals surface area contributed by atoms with Crippen LogP contribution < -0.4 is 0 Å². The van der Waals surface area contributed by atoms with E-state index < -0.39 is 6.04 Å². The van der Waals surface area contributed by atoms with E-state index >= 15 is 0 Å². The molecule has 28 heavy (non-hydrogen) atoms. The van der Waals surface area contributed by atoms with E-state index in [-0.39, 0.29) is 18.2 Å². The molecule has 2 atom stereocenters. The van der Waals surface area contributed by atoms with Crippen LogP contribution in [0.25, 0.3) is 0 Å². The lowest BCUT2D eigenvalue weighted by Gasteiger charge is -2.22. The van der Waals surface area contributed by atoms with Gasteiger partial charge in [0.1, 0.15) is 11.9 Å². The Morgan fingerprint density at radius 3 is 2.46 bits per heavy atom. The van der Waals surface area contributed by atoms with Gasteiger partial charge in [-0.05, 0) is 18.8 Å². The smallest absolute Gasteiger partial charge is 0.252 e. The van der Waals surface area contributed by atoms with Crippen molar-refractivity contribution in [3.8, 4) is 0 Å². The van der Waals surface area contributed by atoms with Crippen molar-refractivity contribution in [3.63, 3.8) is 0 Å². The third-order valence-electron chi connectivity index (χ3n) is 6.04. The number of aromatic nitrogens is 2. The topological polar surface area (TPSA) is 55.2 Å². The predicted octanol–water partition coefficient (Wildman–Crippen LogP) is 5.30. The van der Waals surface area contributed by atoms with Crippen molar-refractivity contribution < 1.29 is 9.59 Å². The first kappa shape index (κ1) is 22.6. The van der Waals surface area contributed by atoms with Crippen molar-refractivity contribution in [2.45, 2.75) is 104 Å². The Kier molecular flexibility index (Phi) is 9.72. The fourth-order valence-corrected chi connectivity index (χ4v) is 4.14. The van der Waals surface area contributed by atoms with Gasteiger partial charge in [0.05, 0.1) is 6.42 Å². The van der Waals surface area contributed by atoms with Crippen LogP contribution in [0.4, 0.5) is 0 Å². The van der Waals surface area contributed by atoms with Crippen LogP contribution in [0.3, 0.4) is 0 Å². The molecule has 158 valence electrons. The number of carbonyl (C=O) groups is 2. The van der Waals surface area contributed by atoms with Crippen LogP contribution in [0.15, 0.2) is 12.4 Å². The van der Waals surface area contributed by atoms with E-state index in [4.69, 9.17) is 0 Å². The number of nitrogens with zero attached hydrogens (tertiary/aromatic N) is 3. The minimum absolute atomic E-state index is 0.0239. The van der Waals surface area contributed by atoms with Gasteiger partial charge < -0.3 is 4.57 Å². The molecule has 0 N–H and O–H groups in total. The lowest BCUT2D eigenvalue weighted by Crippen LogP contribution is -2.35. The summed E-state index contributed by atoms with van der Waals surface area (Å²) in [5.74, 6) is 1.30. The SMILES string of the molecule is CCCCCCCCc1nccn1C1CC(=O)N(CC(CC)CCCC)C1=O. The van der Waals surface area contributed by atoms with E-state index in [0.717, 1.165) is 44.3 Å². The van der Waals surface area contributed by atoms with Crippen LogP contribution in [0.2, 0.25) is 0 Å². The minimum Gasteiger partial charge on any atom is -0.322 e. The number of imide groups is 1. The summed E-state index contributed by atoms with van der Waals surface area (Å²) in [4.78, 5) is 31.6. The quantitative estimate of drug-likeness (QED) is 0.320. The van der Waals surface area contributed by atoms with Gasteiger partial charge in [-0.3, -0.25) is 14.5 Å². The van der Waals surface area contributed by atoms with Crippen LogP contribution in [-0.2, 0) is 16.0 Å². The minimum atomic E-state index is -0.395. The Balaban J connectivity index is 1.93. The molecule has 0 spiro atoms. The van der Waals surface area contributed by atoms with Gasteiger partial charge >= 0.3 is 0 Å². The first-order valence-corrected chi connectivity index (χ1v) is 11.5. The Labute approximate surface area is 170 Å². The summed E-state index contributed by atoms with van der Waals surface area (Å²) in [5.41, 5.74) is 0. The van der Waals surface area contributed by atoms with E-state index in [9.17, 15) is 9.59 Å². The molecule has 2 heterocycles. The molecule has 0 radical (unpaired) electrons. The maximum Gasteiger partial charge on any atom is 0.252 e. The van der Waals surface area contributed by atoms with Crippen LogP contribution in [0.1, 0.15) is 103 Å². The summed E-state index contributed by atoms with van der Waals surface area (Å²) in [6, 6.07) is -0.395. The third-order valence-corrected chi connectivity index (χ3v) is 6.04. The van der Waals surface area contributed by atoms with Gasteiger partial charge in [-0.15, -0.1) is 0 Å². The molecular weight excluding hydrogens is 350 g/mol. The Bertz CT molecular complexity index is 611. The van der Waals surface area contributed by atoms with Crippen molar-refractivity contribution in [1.29, 1.82) is 0 Å². The summed E-state index contributed by atoms with van der Waals surface area (Å²) < 4.78 is 1.96. The maximum absolute atomic E-state index is 13.0. The normalized spacial score (nSPS) is 18.2. The van der Waals surface area contributed by atoms with E-state index in [1.54, 1.807) is 6.20 Å². The molecule has 1 aromatic rings. The third kappa shape index (κ3) is 6.18. The molecule has 1 aromatic heterocycles. The lowest BCUT2D eigenvalue weighted by molar-refractivity contribution is -0.140. The number of hydrogen-bond acceptors (Lipinski definition) is 3.